The predicted molar refractivity (Wildman–Crippen MR) is 131 cm³/mol. The molecule has 3 rings (SSSR count). The van der Waals surface area contributed by atoms with Gasteiger partial charge in [-0.1, -0.05) is 42.1 Å². The molecule has 1 amide bonds. The van der Waals surface area contributed by atoms with Crippen molar-refractivity contribution in [2.75, 3.05) is 5.75 Å². The molecule has 2 aromatic carbocycles. The van der Waals surface area contributed by atoms with Crippen molar-refractivity contribution in [3.63, 3.8) is 0 Å². The van der Waals surface area contributed by atoms with Gasteiger partial charge in [0.1, 0.15) is 5.75 Å². The number of nitrogens with zero attached hydrogens (tertiary/aromatic N) is 4. The van der Waals surface area contributed by atoms with Crippen molar-refractivity contribution in [2.24, 2.45) is 5.10 Å². The van der Waals surface area contributed by atoms with Crippen LogP contribution in [-0.2, 0) is 11.3 Å². The zero-order valence-electron chi connectivity index (χ0n) is 15.3. The topological polar surface area (TPSA) is 92.4 Å². The molecule has 0 atom stereocenters. The lowest BCUT2D eigenvalue weighted by molar-refractivity contribution is -0.118. The van der Waals surface area contributed by atoms with E-state index in [1.54, 1.807) is 6.07 Å². The normalized spacial score (nSPS) is 11.1. The fourth-order valence-corrected chi connectivity index (χ4v) is 5.19. The molecule has 10 heteroatoms. The number of rotatable bonds is 7. The molecule has 2 N–H and O–H groups in total. The molecule has 7 nitrogen and oxygen atoms in total. The second kappa shape index (κ2) is 10.4. The summed E-state index contributed by atoms with van der Waals surface area (Å²) < 4.78 is 3.68. The second-order valence-corrected chi connectivity index (χ2v) is 9.17. The lowest BCUT2D eigenvalue weighted by Gasteiger charge is -2.07. The highest BCUT2D eigenvalue weighted by atomic mass is 127. The van der Waals surface area contributed by atoms with Gasteiger partial charge in [0.25, 0.3) is 5.91 Å². The van der Waals surface area contributed by atoms with Crippen molar-refractivity contribution >= 4 is 69.1 Å². The van der Waals surface area contributed by atoms with E-state index in [4.69, 9.17) is 0 Å². The molecule has 0 spiro atoms. The minimum absolute atomic E-state index is 0.142. The van der Waals surface area contributed by atoms with Crippen LogP contribution >= 0.6 is 56.9 Å². The number of phenols is 1. The van der Waals surface area contributed by atoms with E-state index in [-0.39, 0.29) is 17.4 Å². The van der Waals surface area contributed by atoms with Crippen LogP contribution in [0.5, 0.6) is 5.75 Å². The van der Waals surface area contributed by atoms with Gasteiger partial charge in [-0.25, -0.2) is 5.43 Å². The van der Waals surface area contributed by atoms with Crippen LogP contribution in [0.15, 0.2) is 52.7 Å². The van der Waals surface area contributed by atoms with Crippen LogP contribution < -0.4 is 5.43 Å². The molecule has 0 radical (unpaired) electrons. The van der Waals surface area contributed by atoms with Gasteiger partial charge in [-0.05, 0) is 64.2 Å². The summed E-state index contributed by atoms with van der Waals surface area (Å²) in [6.07, 6.45) is 1.43. The number of carbonyl (C=O) groups excluding carboxylic acids is 1. The highest BCUT2D eigenvalue weighted by Crippen LogP contribution is 2.26. The minimum atomic E-state index is -0.266. The molecular formula is C19H17I2N5O2S. The van der Waals surface area contributed by atoms with Gasteiger partial charge in [-0.2, -0.15) is 5.10 Å². The van der Waals surface area contributed by atoms with Crippen molar-refractivity contribution in [1.29, 1.82) is 0 Å². The number of aromatic nitrogens is 3. The molecule has 3 aromatic rings. The molecule has 150 valence electrons. The van der Waals surface area contributed by atoms with Gasteiger partial charge in [0.05, 0.1) is 15.5 Å². The second-order valence-electron chi connectivity index (χ2n) is 5.82. The molecule has 29 heavy (non-hydrogen) atoms. The lowest BCUT2D eigenvalue weighted by atomic mass is 10.2. The summed E-state index contributed by atoms with van der Waals surface area (Å²) >= 11 is 5.51. The summed E-state index contributed by atoms with van der Waals surface area (Å²) in [5, 5.41) is 23.2. The SMILES string of the molecule is CCn1c(SCC(=O)NN=Cc2cc(I)cc(I)c2O)nnc1-c1ccccc1. The summed E-state index contributed by atoms with van der Waals surface area (Å²) in [6.45, 7) is 2.71. The van der Waals surface area contributed by atoms with E-state index in [1.165, 1.54) is 18.0 Å². The van der Waals surface area contributed by atoms with E-state index < -0.39 is 0 Å². The quantitative estimate of drug-likeness (QED) is 0.177. The maximum atomic E-state index is 12.1. The Hall–Kier alpha value is -1.67. The number of carbonyl (C=O) groups is 1. The Morgan fingerprint density at radius 1 is 1.28 bits per heavy atom. The van der Waals surface area contributed by atoms with Gasteiger partial charge >= 0.3 is 0 Å². The number of aromatic hydroxyl groups is 1. The summed E-state index contributed by atoms with van der Waals surface area (Å²) in [6, 6.07) is 13.5. The Balaban J connectivity index is 1.61. The third-order valence-electron chi connectivity index (χ3n) is 3.85. The average Bonchev–Trinajstić information content (AvgIpc) is 3.13. The van der Waals surface area contributed by atoms with Gasteiger partial charge in [-0.15, -0.1) is 10.2 Å². The Kier molecular flexibility index (Phi) is 7.89. The largest absolute Gasteiger partial charge is 0.506 e. The van der Waals surface area contributed by atoms with Gasteiger partial charge in [0.2, 0.25) is 0 Å². The molecule has 0 unspecified atom stereocenters. The summed E-state index contributed by atoms with van der Waals surface area (Å²) in [4.78, 5) is 12.1. The lowest BCUT2D eigenvalue weighted by Crippen LogP contribution is -2.20. The Labute approximate surface area is 199 Å². The first kappa shape index (κ1) is 22.0. The smallest absolute Gasteiger partial charge is 0.250 e. The van der Waals surface area contributed by atoms with E-state index in [2.05, 4.69) is 65.9 Å². The van der Waals surface area contributed by atoms with E-state index in [9.17, 15) is 9.90 Å². The van der Waals surface area contributed by atoms with Crippen LogP contribution in [0.2, 0.25) is 0 Å². The number of benzene rings is 2. The third-order valence-corrected chi connectivity index (χ3v) is 6.26. The highest BCUT2D eigenvalue weighted by molar-refractivity contribution is 14.1. The van der Waals surface area contributed by atoms with Crippen LogP contribution in [0, 0.1) is 7.14 Å². The molecule has 0 saturated carbocycles. The number of phenolic OH excluding ortho intramolecular Hbond substituents is 1. The van der Waals surface area contributed by atoms with Gasteiger partial charge in [0, 0.05) is 21.2 Å². The zero-order valence-corrected chi connectivity index (χ0v) is 20.5. The van der Waals surface area contributed by atoms with E-state index in [1.807, 2.05) is 47.9 Å². The van der Waals surface area contributed by atoms with Crippen molar-refractivity contribution in [1.82, 2.24) is 20.2 Å². The zero-order chi connectivity index (χ0) is 20.8. The van der Waals surface area contributed by atoms with Gasteiger partial charge in [-0.3, -0.25) is 4.79 Å². The summed E-state index contributed by atoms with van der Waals surface area (Å²) in [5.74, 6) is 0.804. The van der Waals surface area contributed by atoms with Crippen LogP contribution in [-0.4, -0.2) is 37.7 Å². The molecule has 1 aromatic heterocycles. The maximum absolute atomic E-state index is 12.1. The first-order chi connectivity index (χ1) is 14.0. The van der Waals surface area contributed by atoms with Crippen LogP contribution in [0.1, 0.15) is 12.5 Å². The molecule has 0 aliphatic carbocycles. The first-order valence-electron chi connectivity index (χ1n) is 8.61. The minimum Gasteiger partial charge on any atom is -0.506 e. The summed E-state index contributed by atoms with van der Waals surface area (Å²) in [7, 11) is 0. The van der Waals surface area contributed by atoms with Crippen molar-refractivity contribution in [3.8, 4) is 17.1 Å². The van der Waals surface area contributed by atoms with Crippen molar-refractivity contribution in [2.45, 2.75) is 18.6 Å². The number of amides is 1. The fraction of sp³-hybridized carbons (Fsp3) is 0.158. The molecular weight excluding hydrogens is 616 g/mol. The Bertz CT molecular complexity index is 1040. The van der Waals surface area contributed by atoms with E-state index in [0.717, 1.165) is 18.5 Å². The Morgan fingerprint density at radius 2 is 2.03 bits per heavy atom. The fourth-order valence-electron chi connectivity index (χ4n) is 2.50. The van der Waals surface area contributed by atoms with Crippen LogP contribution in [0.4, 0.5) is 0 Å². The van der Waals surface area contributed by atoms with Gasteiger partial charge < -0.3 is 9.67 Å². The van der Waals surface area contributed by atoms with E-state index in [0.29, 0.717) is 17.3 Å². The number of thioether (sulfide) groups is 1. The standard InChI is InChI=1S/C19H17I2N5O2S/c1-2-26-18(12-6-4-3-5-7-12)24-25-19(26)29-11-16(27)23-22-10-13-8-14(20)9-15(21)17(13)28/h3-10,28H,2,11H2,1H3,(H,23,27). The maximum Gasteiger partial charge on any atom is 0.250 e. The number of nitrogens with one attached hydrogen (secondary N) is 1. The van der Waals surface area contributed by atoms with Crippen LogP contribution in [0.3, 0.4) is 0 Å². The molecule has 0 aliphatic rings. The Morgan fingerprint density at radius 3 is 2.76 bits per heavy atom. The molecule has 1 heterocycles. The van der Waals surface area contributed by atoms with E-state index >= 15 is 0 Å². The van der Waals surface area contributed by atoms with Crippen molar-refractivity contribution < 1.29 is 9.90 Å². The number of hydrazone groups is 1. The molecule has 0 saturated heterocycles. The number of halogens is 2. The number of hydrogen-bond acceptors (Lipinski definition) is 6. The summed E-state index contributed by atoms with van der Waals surface area (Å²) in [5.41, 5.74) is 4.01. The van der Waals surface area contributed by atoms with Crippen molar-refractivity contribution in [3.05, 3.63) is 55.2 Å². The molecule has 0 bridgehead atoms. The molecule has 0 aliphatic heterocycles. The van der Waals surface area contributed by atoms with Gasteiger partial charge in [0.15, 0.2) is 11.0 Å². The molecule has 0 fully saturated rings. The third kappa shape index (κ3) is 5.69. The predicted octanol–water partition coefficient (Wildman–Crippen LogP) is 4.12. The number of hydrogen-bond donors (Lipinski definition) is 2. The highest BCUT2D eigenvalue weighted by Gasteiger charge is 2.14. The monoisotopic (exact) mass is 633 g/mol. The average molecular weight is 633 g/mol. The first-order valence-corrected chi connectivity index (χ1v) is 11.7. The van der Waals surface area contributed by atoms with Crippen LogP contribution in [0.25, 0.3) is 11.4 Å².